The fraction of sp³-hybridized carbons (Fsp3) is 0.385. The Morgan fingerprint density at radius 1 is 1.18 bits per heavy atom. The molecule has 2 aromatic rings. The molecule has 96 valence electrons. The van der Waals surface area contributed by atoms with Crippen LogP contribution >= 0.6 is 0 Å². The number of nitrogens with two attached hydrogens (primary N) is 2. The van der Waals surface area contributed by atoms with Crippen LogP contribution in [0.15, 0.2) is 34.9 Å². The van der Waals surface area contributed by atoms with Crippen LogP contribution in [0.25, 0.3) is 11.0 Å². The van der Waals surface area contributed by atoms with E-state index in [0.29, 0.717) is 13.2 Å². The summed E-state index contributed by atoms with van der Waals surface area (Å²) in [6.07, 6.45) is 1.66. The van der Waals surface area contributed by atoms with Crippen molar-refractivity contribution in [3.8, 4) is 5.75 Å². The molecule has 1 aromatic heterocycles. The second-order valence-electron chi connectivity index (χ2n) is 2.76. The first-order valence-electron chi connectivity index (χ1n) is 5.78. The van der Waals surface area contributed by atoms with Gasteiger partial charge in [-0.3, -0.25) is 0 Å². The van der Waals surface area contributed by atoms with Gasteiger partial charge in [-0.05, 0) is 31.3 Å². The van der Waals surface area contributed by atoms with Gasteiger partial charge < -0.3 is 20.6 Å². The summed E-state index contributed by atoms with van der Waals surface area (Å²) >= 11 is 0. The largest absolute Gasteiger partial charge is 0.492 e. The molecule has 0 saturated heterocycles. The second-order valence-corrected chi connectivity index (χ2v) is 2.76. The lowest BCUT2D eigenvalue weighted by Crippen LogP contribution is -2.10. The quantitative estimate of drug-likeness (QED) is 0.861. The molecule has 0 bridgehead atoms. The fourth-order valence-corrected chi connectivity index (χ4v) is 1.21. The molecule has 0 amide bonds. The Morgan fingerprint density at radius 2 is 1.88 bits per heavy atom. The monoisotopic (exact) mass is 238 g/mol. The predicted molar refractivity (Wildman–Crippen MR) is 72.2 cm³/mol. The summed E-state index contributed by atoms with van der Waals surface area (Å²) in [4.78, 5) is 0. The van der Waals surface area contributed by atoms with Crippen molar-refractivity contribution in [2.24, 2.45) is 11.5 Å². The molecular weight excluding hydrogens is 216 g/mol. The van der Waals surface area contributed by atoms with Gasteiger partial charge in [-0.1, -0.05) is 13.8 Å². The lowest BCUT2D eigenvalue weighted by Gasteiger charge is -2.02. The Labute approximate surface area is 103 Å². The van der Waals surface area contributed by atoms with Crippen LogP contribution in [0.2, 0.25) is 0 Å². The molecule has 4 nitrogen and oxygen atoms in total. The number of hydrogen-bond donors (Lipinski definition) is 2. The zero-order chi connectivity index (χ0) is 13.1. The summed E-state index contributed by atoms with van der Waals surface area (Å²) in [5.41, 5.74) is 10.7. The normalized spacial score (nSPS) is 8.76. The van der Waals surface area contributed by atoms with Crippen molar-refractivity contribution in [2.45, 2.75) is 13.8 Å². The van der Waals surface area contributed by atoms with E-state index in [9.17, 15) is 0 Å². The van der Waals surface area contributed by atoms with Crippen LogP contribution in [0, 0.1) is 0 Å². The van der Waals surface area contributed by atoms with E-state index in [2.05, 4.69) is 5.73 Å². The van der Waals surface area contributed by atoms with Gasteiger partial charge in [0.15, 0.2) is 0 Å². The molecule has 0 radical (unpaired) electrons. The maximum atomic E-state index is 5.37. The van der Waals surface area contributed by atoms with Crippen LogP contribution in [0.3, 0.4) is 0 Å². The Morgan fingerprint density at radius 3 is 2.53 bits per heavy atom. The van der Waals surface area contributed by atoms with E-state index >= 15 is 0 Å². The summed E-state index contributed by atoms with van der Waals surface area (Å²) in [5, 5.41) is 1.05. The predicted octanol–water partition coefficient (Wildman–Crippen LogP) is 2.37. The molecule has 1 aromatic carbocycles. The zero-order valence-electron chi connectivity index (χ0n) is 10.8. The van der Waals surface area contributed by atoms with Crippen molar-refractivity contribution in [3.63, 3.8) is 0 Å². The van der Waals surface area contributed by atoms with Crippen molar-refractivity contribution >= 4 is 11.0 Å². The lowest BCUT2D eigenvalue weighted by molar-refractivity contribution is 0.328. The number of benzene rings is 1. The van der Waals surface area contributed by atoms with E-state index in [1.807, 2.05) is 38.1 Å². The average Bonchev–Trinajstić information content (AvgIpc) is 2.88. The van der Waals surface area contributed by atoms with Gasteiger partial charge in [-0.2, -0.15) is 0 Å². The molecule has 0 spiro atoms. The minimum absolute atomic E-state index is 0.531. The number of hydrogen-bond acceptors (Lipinski definition) is 4. The third-order valence-corrected chi connectivity index (χ3v) is 1.81. The Hall–Kier alpha value is -1.52. The first-order chi connectivity index (χ1) is 8.40. The van der Waals surface area contributed by atoms with E-state index in [1.54, 1.807) is 6.26 Å². The van der Waals surface area contributed by atoms with Gasteiger partial charge in [0.2, 0.25) is 0 Å². The second kappa shape index (κ2) is 9.69. The van der Waals surface area contributed by atoms with Crippen LogP contribution < -0.4 is 16.2 Å². The van der Waals surface area contributed by atoms with E-state index in [0.717, 1.165) is 16.7 Å². The highest BCUT2D eigenvalue weighted by Crippen LogP contribution is 2.21. The highest BCUT2D eigenvalue weighted by molar-refractivity contribution is 5.78. The highest BCUT2D eigenvalue weighted by atomic mass is 16.5. The molecule has 4 heteroatoms. The van der Waals surface area contributed by atoms with Crippen LogP contribution in [0.1, 0.15) is 13.8 Å². The van der Waals surface area contributed by atoms with Gasteiger partial charge in [-0.25, -0.2) is 0 Å². The number of furan rings is 1. The topological polar surface area (TPSA) is 74.4 Å². The van der Waals surface area contributed by atoms with Crippen LogP contribution in [-0.2, 0) is 0 Å². The fourth-order valence-electron chi connectivity index (χ4n) is 1.21. The van der Waals surface area contributed by atoms with Crippen molar-refractivity contribution in [1.29, 1.82) is 0 Å². The van der Waals surface area contributed by atoms with Crippen molar-refractivity contribution in [1.82, 2.24) is 0 Å². The van der Waals surface area contributed by atoms with Crippen LogP contribution in [-0.4, -0.2) is 20.2 Å². The molecule has 0 aliphatic heterocycles. The first-order valence-corrected chi connectivity index (χ1v) is 5.78. The highest BCUT2D eigenvalue weighted by Gasteiger charge is 1.98. The molecule has 0 aliphatic carbocycles. The van der Waals surface area contributed by atoms with Gasteiger partial charge in [0, 0.05) is 11.9 Å². The van der Waals surface area contributed by atoms with E-state index < -0.39 is 0 Å². The molecule has 4 N–H and O–H groups in total. The van der Waals surface area contributed by atoms with Crippen molar-refractivity contribution in [2.75, 3.05) is 20.2 Å². The summed E-state index contributed by atoms with van der Waals surface area (Å²) in [5.74, 6) is 0.833. The molecule has 0 aliphatic rings. The lowest BCUT2D eigenvalue weighted by atomic mass is 10.2. The van der Waals surface area contributed by atoms with Gasteiger partial charge in [0.1, 0.15) is 17.9 Å². The summed E-state index contributed by atoms with van der Waals surface area (Å²) in [7, 11) is 1.50. The first kappa shape index (κ1) is 15.5. The molecule has 0 saturated carbocycles. The summed E-state index contributed by atoms with van der Waals surface area (Å²) in [6.45, 7) is 5.08. The van der Waals surface area contributed by atoms with Gasteiger partial charge in [0.05, 0.1) is 6.26 Å². The summed E-state index contributed by atoms with van der Waals surface area (Å²) in [6, 6.07) is 7.61. The molecule has 1 heterocycles. The number of rotatable bonds is 3. The van der Waals surface area contributed by atoms with Gasteiger partial charge in [0.25, 0.3) is 0 Å². The molecular formula is C13H22N2O2. The third kappa shape index (κ3) is 4.89. The smallest absolute Gasteiger partial charge is 0.134 e. The number of ether oxygens (including phenoxy) is 1. The Kier molecular flexibility index (Phi) is 8.82. The Balaban J connectivity index is 0.000000581. The molecule has 2 rings (SSSR count). The van der Waals surface area contributed by atoms with Gasteiger partial charge >= 0.3 is 0 Å². The third-order valence-electron chi connectivity index (χ3n) is 1.81. The van der Waals surface area contributed by atoms with Crippen LogP contribution in [0.4, 0.5) is 0 Å². The maximum absolute atomic E-state index is 5.37. The minimum Gasteiger partial charge on any atom is -0.492 e. The van der Waals surface area contributed by atoms with Crippen molar-refractivity contribution < 1.29 is 9.15 Å². The van der Waals surface area contributed by atoms with Gasteiger partial charge in [-0.15, -0.1) is 0 Å². The molecule has 17 heavy (non-hydrogen) atoms. The zero-order valence-corrected chi connectivity index (χ0v) is 10.8. The Bertz CT molecular complexity index is 399. The summed E-state index contributed by atoms with van der Waals surface area (Å²) < 4.78 is 10.6. The van der Waals surface area contributed by atoms with E-state index in [-0.39, 0.29) is 0 Å². The minimum atomic E-state index is 0.531. The van der Waals surface area contributed by atoms with Crippen molar-refractivity contribution in [3.05, 3.63) is 30.5 Å². The molecule has 0 unspecified atom stereocenters. The van der Waals surface area contributed by atoms with Crippen LogP contribution in [0.5, 0.6) is 5.75 Å². The van der Waals surface area contributed by atoms with E-state index in [1.165, 1.54) is 7.05 Å². The SMILES string of the molecule is CC.CN.NCCOc1ccc2occc2c1. The standard InChI is InChI=1S/C10H11NO2.C2H6.CH5N/c11-4-6-12-9-1-2-10-8(7-9)3-5-13-10;2*1-2/h1-3,5,7H,4,6,11H2;1-2H3;2H2,1H3. The van der Waals surface area contributed by atoms with E-state index in [4.69, 9.17) is 14.9 Å². The average molecular weight is 238 g/mol. The maximum Gasteiger partial charge on any atom is 0.134 e. The molecule has 0 fully saturated rings. The molecule has 0 atom stereocenters. The number of fused-ring (bicyclic) bond motifs is 1.